The fourth-order valence-electron chi connectivity index (χ4n) is 5.84. The van der Waals surface area contributed by atoms with Crippen LogP contribution in [0.5, 0.6) is 11.5 Å². The summed E-state index contributed by atoms with van der Waals surface area (Å²) >= 11 is 3.14. The van der Waals surface area contributed by atoms with Crippen molar-refractivity contribution < 1.29 is 23.8 Å². The van der Waals surface area contributed by atoms with Gasteiger partial charge < -0.3 is 19.5 Å². The van der Waals surface area contributed by atoms with E-state index in [9.17, 15) is 9.59 Å². The van der Waals surface area contributed by atoms with E-state index in [-0.39, 0.29) is 35.5 Å². The molecule has 2 aliphatic rings. The fourth-order valence-corrected chi connectivity index (χ4v) is 7.80. The molecule has 1 fully saturated rings. The lowest BCUT2D eigenvalue weighted by Crippen LogP contribution is -2.44. The molecule has 44 heavy (non-hydrogen) atoms. The number of nitrogens with zero attached hydrogens (tertiary/aromatic N) is 3. The van der Waals surface area contributed by atoms with Crippen molar-refractivity contribution in [2.45, 2.75) is 38.0 Å². The van der Waals surface area contributed by atoms with Crippen LogP contribution in [0.1, 0.15) is 40.3 Å². The summed E-state index contributed by atoms with van der Waals surface area (Å²) in [6.07, 6.45) is 1.90. The van der Waals surface area contributed by atoms with E-state index in [4.69, 9.17) is 19.3 Å². The Bertz CT molecular complexity index is 1640. The molecule has 0 aliphatic carbocycles. The monoisotopic (exact) mass is 632 g/mol. The summed E-state index contributed by atoms with van der Waals surface area (Å²) in [6, 6.07) is 13.8. The average molecular weight is 633 g/mol. The number of benzene rings is 2. The third kappa shape index (κ3) is 5.71. The second-order valence-electron chi connectivity index (χ2n) is 10.9. The number of ether oxygens (including phenoxy) is 3. The van der Waals surface area contributed by atoms with E-state index < -0.39 is 0 Å². The van der Waals surface area contributed by atoms with Crippen molar-refractivity contribution in [1.82, 2.24) is 15.1 Å². The average Bonchev–Trinajstić information content (AvgIpc) is 3.81. The Morgan fingerprint density at radius 2 is 1.89 bits per heavy atom. The first-order chi connectivity index (χ1) is 21.4. The summed E-state index contributed by atoms with van der Waals surface area (Å²) in [7, 11) is 3.25. The molecule has 11 heteroatoms. The van der Waals surface area contributed by atoms with E-state index in [1.807, 2.05) is 47.3 Å². The summed E-state index contributed by atoms with van der Waals surface area (Å²) in [5.41, 5.74) is 6.16. The van der Waals surface area contributed by atoms with Gasteiger partial charge in [0.1, 0.15) is 29.6 Å². The minimum Gasteiger partial charge on any atom is -0.496 e. The van der Waals surface area contributed by atoms with E-state index >= 15 is 0 Å². The van der Waals surface area contributed by atoms with Crippen molar-refractivity contribution in [2.75, 3.05) is 44.6 Å². The molecule has 2 amide bonds. The van der Waals surface area contributed by atoms with Crippen molar-refractivity contribution in [3.8, 4) is 28.4 Å². The van der Waals surface area contributed by atoms with Gasteiger partial charge in [-0.3, -0.25) is 14.5 Å². The lowest BCUT2D eigenvalue weighted by molar-refractivity contribution is -0.123. The minimum absolute atomic E-state index is 0.00189. The Morgan fingerprint density at radius 1 is 1.11 bits per heavy atom. The zero-order valence-electron chi connectivity index (χ0n) is 25.3. The Morgan fingerprint density at radius 3 is 2.57 bits per heavy atom. The van der Waals surface area contributed by atoms with E-state index in [0.29, 0.717) is 41.7 Å². The van der Waals surface area contributed by atoms with Crippen LogP contribution in [-0.2, 0) is 14.3 Å². The molecular weight excluding hydrogens is 597 g/mol. The highest BCUT2D eigenvalue weighted by Crippen LogP contribution is 2.52. The topological polar surface area (TPSA) is 94.9 Å². The van der Waals surface area contributed by atoms with Crippen LogP contribution in [0.15, 0.2) is 53.2 Å². The van der Waals surface area contributed by atoms with E-state index in [0.717, 1.165) is 40.8 Å². The van der Waals surface area contributed by atoms with Gasteiger partial charge in [0, 0.05) is 18.7 Å². The maximum absolute atomic E-state index is 14.0. The Balaban J connectivity index is 1.59. The van der Waals surface area contributed by atoms with E-state index in [2.05, 4.69) is 29.8 Å². The van der Waals surface area contributed by atoms with E-state index in [1.165, 1.54) is 11.8 Å². The zero-order chi connectivity index (χ0) is 30.8. The van der Waals surface area contributed by atoms with Gasteiger partial charge in [0.25, 0.3) is 0 Å². The van der Waals surface area contributed by atoms with Crippen LogP contribution in [0.2, 0.25) is 0 Å². The fraction of sp³-hybridized carbons (Fsp3) is 0.364. The van der Waals surface area contributed by atoms with Crippen molar-refractivity contribution in [1.29, 1.82) is 0 Å². The van der Waals surface area contributed by atoms with Crippen LogP contribution in [0.25, 0.3) is 16.9 Å². The SMILES string of the molecule is COc1cccc(OC)c1-c1nn(-c2cccc(C)c2C)c2c1C(c1ccsc1)SCC(=O)N2CC(=O)NCC1CCCO1. The summed E-state index contributed by atoms with van der Waals surface area (Å²) in [5, 5.41) is 12.2. The number of carbonyl (C=O) groups is 2. The standard InChI is InChI=1S/C33H36N4O5S2/c1-20-8-5-10-24(21(20)2)37-33-30(31(35-37)29-25(40-3)11-6-12-26(29)41-4)32(22-13-15-43-18-22)44-19-28(39)36(33)17-27(38)34-16-23-9-7-14-42-23/h5-6,8,10-13,15,18,23,32H,7,9,14,16-17,19H2,1-4H3,(H,34,38). The molecule has 2 aliphatic heterocycles. The largest absolute Gasteiger partial charge is 0.496 e. The maximum Gasteiger partial charge on any atom is 0.240 e. The van der Waals surface area contributed by atoms with Crippen molar-refractivity contribution in [3.05, 3.63) is 75.5 Å². The van der Waals surface area contributed by atoms with Gasteiger partial charge in [-0.25, -0.2) is 4.68 Å². The predicted octanol–water partition coefficient (Wildman–Crippen LogP) is 5.70. The second-order valence-corrected chi connectivity index (χ2v) is 12.8. The molecule has 1 saturated heterocycles. The van der Waals surface area contributed by atoms with Gasteiger partial charge in [0.05, 0.1) is 42.6 Å². The lowest BCUT2D eigenvalue weighted by atomic mass is 9.99. The molecule has 2 unspecified atom stereocenters. The number of amides is 2. The summed E-state index contributed by atoms with van der Waals surface area (Å²) in [4.78, 5) is 29.1. The molecule has 2 aromatic carbocycles. The normalized spacial score (nSPS) is 18.2. The number of carbonyl (C=O) groups excluding carboxylic acids is 2. The molecule has 0 saturated carbocycles. The second kappa shape index (κ2) is 13.1. The third-order valence-electron chi connectivity index (χ3n) is 8.26. The number of rotatable bonds is 9. The summed E-state index contributed by atoms with van der Waals surface area (Å²) < 4.78 is 19.2. The Hall–Kier alpha value is -3.80. The van der Waals surface area contributed by atoms with Crippen LogP contribution in [0.3, 0.4) is 0 Å². The van der Waals surface area contributed by atoms with Crippen LogP contribution in [0, 0.1) is 13.8 Å². The smallest absolute Gasteiger partial charge is 0.240 e. The molecule has 2 aromatic heterocycles. The maximum atomic E-state index is 14.0. The van der Waals surface area contributed by atoms with Gasteiger partial charge in [-0.05, 0) is 78.4 Å². The molecule has 0 bridgehead atoms. The first-order valence-corrected chi connectivity index (χ1v) is 16.6. The minimum atomic E-state index is -0.246. The summed E-state index contributed by atoms with van der Waals surface area (Å²) in [5.74, 6) is 1.56. The number of thiophene rings is 1. The third-order valence-corrected chi connectivity index (χ3v) is 10.2. The molecule has 230 valence electrons. The number of aromatic nitrogens is 2. The number of anilines is 1. The highest BCUT2D eigenvalue weighted by Gasteiger charge is 2.39. The first kappa shape index (κ1) is 30.2. The van der Waals surface area contributed by atoms with Crippen molar-refractivity contribution in [3.63, 3.8) is 0 Å². The molecule has 4 aromatic rings. The molecule has 4 heterocycles. The number of hydrogen-bond acceptors (Lipinski definition) is 8. The predicted molar refractivity (Wildman–Crippen MR) is 175 cm³/mol. The molecule has 2 atom stereocenters. The van der Waals surface area contributed by atoms with Crippen molar-refractivity contribution >= 4 is 40.7 Å². The highest BCUT2D eigenvalue weighted by atomic mass is 32.2. The van der Waals surface area contributed by atoms with Crippen molar-refractivity contribution in [2.24, 2.45) is 0 Å². The number of fused-ring (bicyclic) bond motifs is 1. The molecule has 1 N–H and O–H groups in total. The molecule has 9 nitrogen and oxygen atoms in total. The van der Waals surface area contributed by atoms with Gasteiger partial charge in [-0.1, -0.05) is 18.2 Å². The zero-order valence-corrected chi connectivity index (χ0v) is 26.9. The quantitative estimate of drug-likeness (QED) is 0.253. The van der Waals surface area contributed by atoms with Gasteiger partial charge in [0.2, 0.25) is 11.8 Å². The molecular formula is C33H36N4O5S2. The summed E-state index contributed by atoms with van der Waals surface area (Å²) in [6.45, 7) is 5.08. The first-order valence-electron chi connectivity index (χ1n) is 14.6. The number of aryl methyl sites for hydroxylation is 1. The Labute approximate surface area is 265 Å². The number of hydrogen-bond donors (Lipinski definition) is 1. The number of thioether (sulfide) groups is 1. The van der Waals surface area contributed by atoms with Crippen LogP contribution in [0.4, 0.5) is 5.82 Å². The molecule has 0 spiro atoms. The highest BCUT2D eigenvalue weighted by molar-refractivity contribution is 8.00. The lowest BCUT2D eigenvalue weighted by Gasteiger charge is -2.24. The molecule has 6 rings (SSSR count). The number of methoxy groups -OCH3 is 2. The van der Waals surface area contributed by atoms with E-state index in [1.54, 1.807) is 30.5 Å². The van der Waals surface area contributed by atoms with Gasteiger partial charge in [0.15, 0.2) is 0 Å². The number of nitrogens with one attached hydrogen (secondary N) is 1. The van der Waals surface area contributed by atoms with Gasteiger partial charge in [-0.2, -0.15) is 16.4 Å². The van der Waals surface area contributed by atoms with Crippen LogP contribution >= 0.6 is 23.1 Å². The Kier molecular flexibility index (Phi) is 8.97. The van der Waals surface area contributed by atoms with Gasteiger partial charge >= 0.3 is 0 Å². The van der Waals surface area contributed by atoms with Crippen LogP contribution in [-0.4, -0.2) is 67.4 Å². The van der Waals surface area contributed by atoms with Crippen LogP contribution < -0.4 is 19.7 Å². The molecule has 0 radical (unpaired) electrons. The van der Waals surface area contributed by atoms with Gasteiger partial charge in [-0.15, -0.1) is 11.8 Å².